The molecule has 1 rings (SSSR count). The molecule has 0 aliphatic heterocycles. The quantitative estimate of drug-likeness (QED) is 0.813. The second kappa shape index (κ2) is 5.57. The molecular formula is C13H20N2O2. The van der Waals surface area contributed by atoms with Gasteiger partial charge in [0.05, 0.1) is 18.4 Å². The molecule has 0 fully saturated rings. The molecule has 0 atom stereocenters. The van der Waals surface area contributed by atoms with E-state index >= 15 is 0 Å². The predicted octanol–water partition coefficient (Wildman–Crippen LogP) is 2.01. The molecule has 0 unspecified atom stereocenters. The molecule has 0 saturated heterocycles. The largest absolute Gasteiger partial charge is 0.495 e. The second-order valence-corrected chi connectivity index (χ2v) is 4.50. The van der Waals surface area contributed by atoms with Crippen molar-refractivity contribution in [2.45, 2.75) is 13.8 Å². The lowest BCUT2D eigenvalue weighted by Gasteiger charge is -2.20. The van der Waals surface area contributed by atoms with Gasteiger partial charge in [-0.3, -0.25) is 4.79 Å². The molecular weight excluding hydrogens is 216 g/mol. The van der Waals surface area contributed by atoms with Crippen molar-refractivity contribution in [3.8, 4) is 5.75 Å². The van der Waals surface area contributed by atoms with Gasteiger partial charge < -0.3 is 15.4 Å². The first-order valence-corrected chi connectivity index (χ1v) is 5.65. The van der Waals surface area contributed by atoms with Crippen LogP contribution < -0.4 is 10.5 Å². The number of anilines is 1. The Morgan fingerprint density at radius 3 is 2.65 bits per heavy atom. The lowest BCUT2D eigenvalue weighted by molar-refractivity contribution is 0.0780. The predicted molar refractivity (Wildman–Crippen MR) is 69.2 cm³/mol. The second-order valence-electron chi connectivity index (χ2n) is 4.50. The SMILES string of the molecule is COc1cccc(C(=O)N(C)CC(C)C)c1N. The Kier molecular flexibility index (Phi) is 4.37. The number of hydrogen-bond donors (Lipinski definition) is 1. The fourth-order valence-electron chi connectivity index (χ4n) is 1.74. The molecule has 94 valence electrons. The molecule has 0 saturated carbocycles. The van der Waals surface area contributed by atoms with E-state index in [9.17, 15) is 4.79 Å². The Hall–Kier alpha value is -1.71. The number of carbonyl (C=O) groups excluding carboxylic acids is 1. The van der Waals surface area contributed by atoms with E-state index in [0.717, 1.165) is 0 Å². The Labute approximate surface area is 102 Å². The van der Waals surface area contributed by atoms with Gasteiger partial charge in [0.25, 0.3) is 5.91 Å². The normalized spacial score (nSPS) is 10.4. The van der Waals surface area contributed by atoms with E-state index in [1.165, 1.54) is 7.11 Å². The molecule has 17 heavy (non-hydrogen) atoms. The van der Waals surface area contributed by atoms with Crippen LogP contribution in [0, 0.1) is 5.92 Å². The van der Waals surface area contributed by atoms with Crippen molar-refractivity contribution in [2.24, 2.45) is 5.92 Å². The van der Waals surface area contributed by atoms with Crippen LogP contribution >= 0.6 is 0 Å². The molecule has 0 aromatic heterocycles. The molecule has 0 heterocycles. The number of rotatable bonds is 4. The summed E-state index contributed by atoms with van der Waals surface area (Å²) in [5.74, 6) is 0.889. The highest BCUT2D eigenvalue weighted by Gasteiger charge is 2.17. The van der Waals surface area contributed by atoms with E-state index < -0.39 is 0 Å². The molecule has 0 spiro atoms. The summed E-state index contributed by atoms with van der Waals surface area (Å²) in [6.45, 7) is 4.84. The molecule has 1 aromatic rings. The van der Waals surface area contributed by atoms with Gasteiger partial charge in [-0.25, -0.2) is 0 Å². The van der Waals surface area contributed by atoms with Gasteiger partial charge in [-0.15, -0.1) is 0 Å². The van der Waals surface area contributed by atoms with Crippen molar-refractivity contribution in [3.05, 3.63) is 23.8 Å². The minimum atomic E-state index is -0.0740. The summed E-state index contributed by atoms with van der Waals surface area (Å²) in [5.41, 5.74) is 6.78. The van der Waals surface area contributed by atoms with Crippen molar-refractivity contribution in [3.63, 3.8) is 0 Å². The van der Waals surface area contributed by atoms with Gasteiger partial charge in [0, 0.05) is 13.6 Å². The molecule has 4 heteroatoms. The third-order valence-electron chi connectivity index (χ3n) is 2.50. The average molecular weight is 236 g/mol. The number of carbonyl (C=O) groups is 1. The molecule has 2 N–H and O–H groups in total. The van der Waals surface area contributed by atoms with Crippen LogP contribution in [0.3, 0.4) is 0 Å². The number of methoxy groups -OCH3 is 1. The zero-order valence-electron chi connectivity index (χ0n) is 10.9. The smallest absolute Gasteiger partial charge is 0.255 e. The van der Waals surface area contributed by atoms with Crippen LogP contribution in [0.15, 0.2) is 18.2 Å². The van der Waals surface area contributed by atoms with E-state index in [1.807, 2.05) is 0 Å². The molecule has 4 nitrogen and oxygen atoms in total. The first kappa shape index (κ1) is 13.4. The molecule has 0 aliphatic carbocycles. The van der Waals surface area contributed by atoms with Crippen molar-refractivity contribution >= 4 is 11.6 Å². The molecule has 1 amide bonds. The molecule has 0 radical (unpaired) electrons. The number of hydrogen-bond acceptors (Lipinski definition) is 3. The van der Waals surface area contributed by atoms with Gasteiger partial charge in [-0.05, 0) is 18.1 Å². The fourth-order valence-corrected chi connectivity index (χ4v) is 1.74. The number of nitrogens with zero attached hydrogens (tertiary/aromatic N) is 1. The minimum absolute atomic E-state index is 0.0740. The van der Waals surface area contributed by atoms with E-state index in [0.29, 0.717) is 29.5 Å². The molecule has 0 bridgehead atoms. The van der Waals surface area contributed by atoms with Gasteiger partial charge in [-0.1, -0.05) is 19.9 Å². The summed E-state index contributed by atoms with van der Waals surface area (Å²) < 4.78 is 5.10. The van der Waals surface area contributed by atoms with Crippen LogP contribution in [0.25, 0.3) is 0 Å². The van der Waals surface area contributed by atoms with Crippen LogP contribution in [-0.2, 0) is 0 Å². The highest BCUT2D eigenvalue weighted by atomic mass is 16.5. The Bertz CT molecular complexity index is 402. The highest BCUT2D eigenvalue weighted by Crippen LogP contribution is 2.25. The van der Waals surface area contributed by atoms with Gasteiger partial charge in [0.1, 0.15) is 5.75 Å². The number of nitrogens with two attached hydrogens (primary N) is 1. The van der Waals surface area contributed by atoms with Crippen LogP contribution in [-0.4, -0.2) is 31.5 Å². The van der Waals surface area contributed by atoms with E-state index in [1.54, 1.807) is 30.1 Å². The van der Waals surface area contributed by atoms with Gasteiger partial charge in [0.15, 0.2) is 0 Å². The lowest BCUT2D eigenvalue weighted by atomic mass is 10.1. The van der Waals surface area contributed by atoms with E-state index in [4.69, 9.17) is 10.5 Å². The number of nitrogen functional groups attached to an aromatic ring is 1. The summed E-state index contributed by atoms with van der Waals surface area (Å²) in [4.78, 5) is 13.8. The third kappa shape index (κ3) is 3.12. The Morgan fingerprint density at radius 1 is 1.47 bits per heavy atom. The van der Waals surface area contributed by atoms with E-state index in [2.05, 4.69) is 13.8 Å². The third-order valence-corrected chi connectivity index (χ3v) is 2.50. The summed E-state index contributed by atoms with van der Waals surface area (Å²) in [6, 6.07) is 5.23. The number of benzene rings is 1. The maximum atomic E-state index is 12.2. The Morgan fingerprint density at radius 2 is 2.12 bits per heavy atom. The highest BCUT2D eigenvalue weighted by molar-refractivity contribution is 6.00. The van der Waals surface area contributed by atoms with Crippen molar-refractivity contribution in [1.82, 2.24) is 4.90 Å². The number of amides is 1. The minimum Gasteiger partial charge on any atom is -0.495 e. The maximum absolute atomic E-state index is 12.2. The molecule has 1 aromatic carbocycles. The lowest BCUT2D eigenvalue weighted by Crippen LogP contribution is -2.30. The monoisotopic (exact) mass is 236 g/mol. The standard InChI is InChI=1S/C13H20N2O2/c1-9(2)8-15(3)13(16)10-6-5-7-11(17-4)12(10)14/h5-7,9H,8,14H2,1-4H3. The zero-order chi connectivity index (χ0) is 13.0. The summed E-state index contributed by atoms with van der Waals surface area (Å²) >= 11 is 0. The molecule has 0 aliphatic rings. The van der Waals surface area contributed by atoms with E-state index in [-0.39, 0.29) is 5.91 Å². The van der Waals surface area contributed by atoms with Crippen LogP contribution in [0.1, 0.15) is 24.2 Å². The summed E-state index contributed by atoms with van der Waals surface area (Å²) in [7, 11) is 3.32. The zero-order valence-corrected chi connectivity index (χ0v) is 10.9. The maximum Gasteiger partial charge on any atom is 0.255 e. The summed E-state index contributed by atoms with van der Waals surface area (Å²) in [6.07, 6.45) is 0. The van der Waals surface area contributed by atoms with Crippen LogP contribution in [0.4, 0.5) is 5.69 Å². The van der Waals surface area contributed by atoms with Gasteiger partial charge >= 0.3 is 0 Å². The van der Waals surface area contributed by atoms with Crippen molar-refractivity contribution < 1.29 is 9.53 Å². The number of para-hydroxylation sites is 1. The first-order chi connectivity index (χ1) is 7.97. The van der Waals surface area contributed by atoms with Crippen LogP contribution in [0.2, 0.25) is 0 Å². The van der Waals surface area contributed by atoms with Crippen molar-refractivity contribution in [1.29, 1.82) is 0 Å². The van der Waals surface area contributed by atoms with Gasteiger partial charge in [-0.2, -0.15) is 0 Å². The van der Waals surface area contributed by atoms with Crippen molar-refractivity contribution in [2.75, 3.05) is 26.4 Å². The van der Waals surface area contributed by atoms with Gasteiger partial charge in [0.2, 0.25) is 0 Å². The number of ether oxygens (including phenoxy) is 1. The summed E-state index contributed by atoms with van der Waals surface area (Å²) in [5, 5.41) is 0. The van der Waals surface area contributed by atoms with Crippen LogP contribution in [0.5, 0.6) is 5.75 Å². The average Bonchev–Trinajstić information content (AvgIpc) is 2.27. The fraction of sp³-hybridized carbons (Fsp3) is 0.462. The Balaban J connectivity index is 2.96. The first-order valence-electron chi connectivity index (χ1n) is 5.65. The topological polar surface area (TPSA) is 55.6 Å².